The van der Waals surface area contributed by atoms with E-state index >= 15 is 0 Å². The second kappa shape index (κ2) is 6.45. The molecule has 0 radical (unpaired) electrons. The Morgan fingerprint density at radius 1 is 1.32 bits per heavy atom. The highest BCUT2D eigenvalue weighted by atomic mass is 16.5. The Balaban J connectivity index is 2.16. The van der Waals surface area contributed by atoms with Crippen molar-refractivity contribution in [1.29, 1.82) is 0 Å². The number of rotatable bonds is 6. The molecule has 5 nitrogen and oxygen atoms in total. The lowest BCUT2D eigenvalue weighted by Crippen LogP contribution is -2.04. The third-order valence-electron chi connectivity index (χ3n) is 2.93. The SMILES string of the molecule is CCCC(OC)c1noc(C(O)c2ccccc2)n1. The number of methoxy groups -OCH3 is 1. The van der Waals surface area contributed by atoms with E-state index in [1.54, 1.807) is 7.11 Å². The minimum atomic E-state index is -0.901. The minimum absolute atomic E-state index is 0.189. The third kappa shape index (κ3) is 3.19. The van der Waals surface area contributed by atoms with Crippen molar-refractivity contribution in [1.82, 2.24) is 10.1 Å². The molecule has 0 aliphatic rings. The number of aliphatic hydroxyl groups excluding tert-OH is 1. The zero-order valence-corrected chi connectivity index (χ0v) is 11.1. The lowest BCUT2D eigenvalue weighted by molar-refractivity contribution is 0.0853. The van der Waals surface area contributed by atoms with E-state index in [4.69, 9.17) is 9.26 Å². The molecule has 19 heavy (non-hydrogen) atoms. The molecule has 2 unspecified atom stereocenters. The van der Waals surface area contributed by atoms with Crippen molar-refractivity contribution in [2.24, 2.45) is 0 Å². The normalized spacial score (nSPS) is 14.3. The molecule has 2 aromatic rings. The molecule has 0 aliphatic carbocycles. The monoisotopic (exact) mass is 262 g/mol. The number of ether oxygens (including phenoxy) is 1. The van der Waals surface area contributed by atoms with E-state index in [-0.39, 0.29) is 12.0 Å². The first-order valence-corrected chi connectivity index (χ1v) is 6.35. The maximum Gasteiger partial charge on any atom is 0.260 e. The van der Waals surface area contributed by atoms with Gasteiger partial charge in [-0.1, -0.05) is 48.8 Å². The Kier molecular flexibility index (Phi) is 4.65. The van der Waals surface area contributed by atoms with Crippen molar-refractivity contribution < 1.29 is 14.4 Å². The average molecular weight is 262 g/mol. The Bertz CT molecular complexity index is 498. The van der Waals surface area contributed by atoms with Gasteiger partial charge in [0.25, 0.3) is 5.89 Å². The maximum absolute atomic E-state index is 10.2. The van der Waals surface area contributed by atoms with Gasteiger partial charge in [-0.05, 0) is 12.0 Å². The fraction of sp³-hybridized carbons (Fsp3) is 0.429. The highest BCUT2D eigenvalue weighted by molar-refractivity contribution is 5.21. The maximum atomic E-state index is 10.2. The summed E-state index contributed by atoms with van der Waals surface area (Å²) in [6.45, 7) is 2.06. The second-order valence-electron chi connectivity index (χ2n) is 4.32. The largest absolute Gasteiger partial charge is 0.378 e. The molecule has 0 saturated heterocycles. The predicted molar refractivity (Wildman–Crippen MR) is 69.5 cm³/mol. The quantitative estimate of drug-likeness (QED) is 0.866. The summed E-state index contributed by atoms with van der Waals surface area (Å²) < 4.78 is 10.4. The van der Waals surface area contributed by atoms with Gasteiger partial charge in [0.05, 0.1) is 0 Å². The summed E-state index contributed by atoms with van der Waals surface area (Å²) in [7, 11) is 1.62. The molecule has 1 aromatic heterocycles. The highest BCUT2D eigenvalue weighted by Crippen LogP contribution is 2.24. The standard InChI is InChI=1S/C14H18N2O3/c1-3-7-11(18-2)13-15-14(19-16-13)12(17)10-8-5-4-6-9-10/h4-6,8-9,11-12,17H,3,7H2,1-2H3. The van der Waals surface area contributed by atoms with E-state index < -0.39 is 6.10 Å². The van der Waals surface area contributed by atoms with Crippen LogP contribution in [0.4, 0.5) is 0 Å². The van der Waals surface area contributed by atoms with Gasteiger partial charge in [-0.25, -0.2) is 0 Å². The first kappa shape index (κ1) is 13.7. The molecular formula is C14H18N2O3. The minimum Gasteiger partial charge on any atom is -0.378 e. The molecular weight excluding hydrogens is 244 g/mol. The van der Waals surface area contributed by atoms with E-state index in [0.29, 0.717) is 5.82 Å². The van der Waals surface area contributed by atoms with Gasteiger partial charge in [-0.15, -0.1) is 0 Å². The predicted octanol–water partition coefficient (Wildman–Crippen LogP) is 2.64. The first-order chi connectivity index (χ1) is 9.26. The van der Waals surface area contributed by atoms with Crippen molar-refractivity contribution in [3.05, 3.63) is 47.6 Å². The van der Waals surface area contributed by atoms with Gasteiger partial charge in [0.15, 0.2) is 6.10 Å². The average Bonchev–Trinajstić information content (AvgIpc) is 2.94. The van der Waals surface area contributed by atoms with Crippen LogP contribution in [0.1, 0.15) is 49.3 Å². The van der Waals surface area contributed by atoms with Crippen molar-refractivity contribution in [2.45, 2.75) is 32.0 Å². The molecule has 0 spiro atoms. The van der Waals surface area contributed by atoms with Gasteiger partial charge >= 0.3 is 0 Å². The Morgan fingerprint density at radius 3 is 2.68 bits per heavy atom. The summed E-state index contributed by atoms with van der Waals surface area (Å²) in [6, 6.07) is 9.22. The summed E-state index contributed by atoms with van der Waals surface area (Å²) in [6.07, 6.45) is 0.688. The van der Waals surface area contributed by atoms with E-state index in [1.165, 1.54) is 0 Å². The van der Waals surface area contributed by atoms with Gasteiger partial charge in [-0.3, -0.25) is 0 Å². The number of nitrogens with zero attached hydrogens (tertiary/aromatic N) is 2. The molecule has 2 atom stereocenters. The van der Waals surface area contributed by atoms with E-state index in [1.807, 2.05) is 30.3 Å². The molecule has 0 fully saturated rings. The fourth-order valence-electron chi connectivity index (χ4n) is 1.88. The topological polar surface area (TPSA) is 68.4 Å². The Labute approximate surface area is 112 Å². The van der Waals surface area contributed by atoms with Crippen LogP contribution in [0.15, 0.2) is 34.9 Å². The summed E-state index contributed by atoms with van der Waals surface area (Å²) in [5.41, 5.74) is 0.724. The molecule has 0 amide bonds. The van der Waals surface area contributed by atoms with Crippen LogP contribution in [0.2, 0.25) is 0 Å². The van der Waals surface area contributed by atoms with Gasteiger partial charge < -0.3 is 14.4 Å². The zero-order chi connectivity index (χ0) is 13.7. The summed E-state index contributed by atoms with van der Waals surface area (Å²) in [5.74, 6) is 0.675. The molecule has 1 N–H and O–H groups in total. The zero-order valence-electron chi connectivity index (χ0n) is 11.1. The number of hydrogen-bond acceptors (Lipinski definition) is 5. The van der Waals surface area contributed by atoms with Gasteiger partial charge in [0.1, 0.15) is 6.10 Å². The van der Waals surface area contributed by atoms with E-state index in [0.717, 1.165) is 18.4 Å². The molecule has 102 valence electrons. The van der Waals surface area contributed by atoms with Crippen molar-refractivity contribution in [3.63, 3.8) is 0 Å². The van der Waals surface area contributed by atoms with Crippen molar-refractivity contribution >= 4 is 0 Å². The number of aromatic nitrogens is 2. The Hall–Kier alpha value is -1.72. The van der Waals surface area contributed by atoms with Crippen molar-refractivity contribution in [3.8, 4) is 0 Å². The number of benzene rings is 1. The molecule has 1 heterocycles. The third-order valence-corrected chi connectivity index (χ3v) is 2.93. The molecule has 0 saturated carbocycles. The van der Waals surface area contributed by atoms with Gasteiger partial charge in [-0.2, -0.15) is 4.98 Å². The van der Waals surface area contributed by atoms with Gasteiger partial charge in [0, 0.05) is 7.11 Å². The summed E-state index contributed by atoms with van der Waals surface area (Å²) >= 11 is 0. The molecule has 0 bridgehead atoms. The summed E-state index contributed by atoms with van der Waals surface area (Å²) in [4.78, 5) is 4.22. The summed E-state index contributed by atoms with van der Waals surface area (Å²) in [5, 5.41) is 14.0. The number of aliphatic hydroxyl groups is 1. The van der Waals surface area contributed by atoms with Crippen LogP contribution >= 0.6 is 0 Å². The smallest absolute Gasteiger partial charge is 0.260 e. The first-order valence-electron chi connectivity index (χ1n) is 6.35. The van der Waals surface area contributed by atoms with Crippen LogP contribution in [0.5, 0.6) is 0 Å². The highest BCUT2D eigenvalue weighted by Gasteiger charge is 2.22. The lowest BCUT2D eigenvalue weighted by Gasteiger charge is -2.08. The molecule has 5 heteroatoms. The van der Waals surface area contributed by atoms with Crippen LogP contribution in [-0.4, -0.2) is 22.4 Å². The number of hydrogen-bond donors (Lipinski definition) is 1. The van der Waals surface area contributed by atoms with Crippen LogP contribution in [0.25, 0.3) is 0 Å². The fourth-order valence-corrected chi connectivity index (χ4v) is 1.88. The van der Waals surface area contributed by atoms with E-state index in [2.05, 4.69) is 17.1 Å². The molecule has 2 rings (SSSR count). The van der Waals surface area contributed by atoms with Crippen molar-refractivity contribution in [2.75, 3.05) is 7.11 Å². The second-order valence-corrected chi connectivity index (χ2v) is 4.32. The van der Waals surface area contributed by atoms with Crippen LogP contribution < -0.4 is 0 Å². The lowest BCUT2D eigenvalue weighted by atomic mass is 10.1. The van der Waals surface area contributed by atoms with Gasteiger partial charge in [0.2, 0.25) is 5.82 Å². The molecule has 0 aliphatic heterocycles. The Morgan fingerprint density at radius 2 is 2.05 bits per heavy atom. The van der Waals surface area contributed by atoms with Crippen LogP contribution in [0, 0.1) is 0 Å². The van der Waals surface area contributed by atoms with Crippen LogP contribution in [-0.2, 0) is 4.74 Å². The molecule has 1 aromatic carbocycles. The van der Waals surface area contributed by atoms with Crippen LogP contribution in [0.3, 0.4) is 0 Å². The van der Waals surface area contributed by atoms with E-state index in [9.17, 15) is 5.11 Å².